The predicted molar refractivity (Wildman–Crippen MR) is 71.7 cm³/mol. The minimum atomic E-state index is 0.290. The van der Waals surface area contributed by atoms with Crippen molar-refractivity contribution >= 4 is 0 Å². The van der Waals surface area contributed by atoms with Crippen LogP contribution in [0.3, 0.4) is 0 Å². The number of aryl methyl sites for hydroxylation is 2. The summed E-state index contributed by atoms with van der Waals surface area (Å²) in [4.78, 5) is 0. The van der Waals surface area contributed by atoms with E-state index in [1.54, 1.807) is 0 Å². The lowest BCUT2D eigenvalue weighted by Gasteiger charge is -2.31. The Hall–Kier alpha value is -0.820. The molecule has 0 saturated heterocycles. The Labute approximate surface area is 100 Å². The number of nitrogens with two attached hydrogens (primary N) is 1. The Morgan fingerprint density at radius 3 is 2.25 bits per heavy atom. The molecular weight excluding hydrogens is 194 g/mol. The predicted octanol–water partition coefficient (Wildman–Crippen LogP) is 3.61. The third-order valence-corrected chi connectivity index (χ3v) is 4.00. The van der Waals surface area contributed by atoms with E-state index < -0.39 is 0 Å². The lowest BCUT2D eigenvalue weighted by atomic mass is 9.76. The van der Waals surface area contributed by atoms with Gasteiger partial charge in [-0.15, -0.1) is 0 Å². The molecular formula is C15H25N. The lowest BCUT2D eigenvalue weighted by molar-refractivity contribution is 0.270. The molecule has 1 aromatic rings. The lowest BCUT2D eigenvalue weighted by Crippen LogP contribution is -2.31. The zero-order chi connectivity index (χ0) is 12.2. The summed E-state index contributed by atoms with van der Waals surface area (Å²) in [6.07, 6.45) is 3.44. The van der Waals surface area contributed by atoms with Crippen molar-refractivity contribution in [3.05, 3.63) is 34.9 Å². The first-order valence-corrected chi connectivity index (χ1v) is 6.33. The summed E-state index contributed by atoms with van der Waals surface area (Å²) in [5, 5.41) is 0. The maximum atomic E-state index is 5.96. The molecule has 0 aliphatic heterocycles. The highest BCUT2D eigenvalue weighted by molar-refractivity contribution is 5.31. The second-order valence-electron chi connectivity index (χ2n) is 5.02. The van der Waals surface area contributed by atoms with Gasteiger partial charge in [0.25, 0.3) is 0 Å². The van der Waals surface area contributed by atoms with Crippen molar-refractivity contribution < 1.29 is 0 Å². The third-order valence-electron chi connectivity index (χ3n) is 4.00. The monoisotopic (exact) mass is 219 g/mol. The second kappa shape index (κ2) is 5.49. The molecule has 0 aromatic heterocycles. The van der Waals surface area contributed by atoms with Crippen LogP contribution >= 0.6 is 0 Å². The van der Waals surface area contributed by atoms with Crippen LogP contribution in [0.4, 0.5) is 0 Å². The van der Waals surface area contributed by atoms with Gasteiger partial charge in [0.2, 0.25) is 0 Å². The van der Waals surface area contributed by atoms with Gasteiger partial charge >= 0.3 is 0 Å². The zero-order valence-electron chi connectivity index (χ0n) is 11.1. The molecule has 0 amide bonds. The van der Waals surface area contributed by atoms with Crippen LogP contribution < -0.4 is 5.73 Å². The first-order chi connectivity index (χ1) is 7.56. The molecule has 0 aliphatic rings. The largest absolute Gasteiger partial charge is 0.330 e. The van der Waals surface area contributed by atoms with Crippen LogP contribution in [0.1, 0.15) is 43.4 Å². The summed E-state index contributed by atoms with van der Waals surface area (Å²) >= 11 is 0. The molecule has 90 valence electrons. The first kappa shape index (κ1) is 13.2. The van der Waals surface area contributed by atoms with Crippen molar-refractivity contribution in [1.82, 2.24) is 0 Å². The second-order valence-corrected chi connectivity index (χ2v) is 5.02. The van der Waals surface area contributed by atoms with E-state index in [4.69, 9.17) is 5.73 Å². The van der Waals surface area contributed by atoms with Gasteiger partial charge in [0.05, 0.1) is 0 Å². The highest BCUT2D eigenvalue weighted by atomic mass is 14.6. The van der Waals surface area contributed by atoms with E-state index >= 15 is 0 Å². The number of hydrogen-bond acceptors (Lipinski definition) is 1. The zero-order valence-corrected chi connectivity index (χ0v) is 11.1. The molecule has 0 unspecified atom stereocenters. The van der Waals surface area contributed by atoms with E-state index in [1.165, 1.54) is 16.7 Å². The van der Waals surface area contributed by atoms with E-state index in [9.17, 15) is 0 Å². The maximum absolute atomic E-state index is 5.96. The van der Waals surface area contributed by atoms with Gasteiger partial charge < -0.3 is 5.73 Å². The quantitative estimate of drug-likeness (QED) is 0.804. The summed E-state index contributed by atoms with van der Waals surface area (Å²) in [7, 11) is 0. The molecule has 0 fully saturated rings. The van der Waals surface area contributed by atoms with E-state index in [0.29, 0.717) is 5.41 Å². The maximum Gasteiger partial charge on any atom is -0.00175 e. The fraction of sp³-hybridized carbons (Fsp3) is 0.600. The van der Waals surface area contributed by atoms with Crippen molar-refractivity contribution in [3.8, 4) is 0 Å². The van der Waals surface area contributed by atoms with Gasteiger partial charge in [0.15, 0.2) is 0 Å². The molecule has 1 rings (SSSR count). The van der Waals surface area contributed by atoms with E-state index in [0.717, 1.165) is 25.8 Å². The standard InChI is InChI=1S/C15H25N/c1-5-15(6-2,11-16)10-14-9-12(3)7-8-13(14)4/h7-9H,5-6,10-11,16H2,1-4H3. The van der Waals surface area contributed by atoms with Gasteiger partial charge in [-0.2, -0.15) is 0 Å². The minimum Gasteiger partial charge on any atom is -0.330 e. The van der Waals surface area contributed by atoms with Crippen LogP contribution in [-0.2, 0) is 6.42 Å². The van der Waals surface area contributed by atoms with Crippen LogP contribution in [0.2, 0.25) is 0 Å². The van der Waals surface area contributed by atoms with Gasteiger partial charge in [-0.25, -0.2) is 0 Å². The summed E-state index contributed by atoms with van der Waals surface area (Å²) < 4.78 is 0. The molecule has 16 heavy (non-hydrogen) atoms. The fourth-order valence-corrected chi connectivity index (χ4v) is 2.26. The summed E-state index contributed by atoms with van der Waals surface area (Å²) in [6.45, 7) is 9.64. The van der Waals surface area contributed by atoms with Gasteiger partial charge in [0, 0.05) is 0 Å². The molecule has 1 heteroatoms. The molecule has 0 spiro atoms. The van der Waals surface area contributed by atoms with Crippen molar-refractivity contribution in [2.24, 2.45) is 11.1 Å². The Bertz CT molecular complexity index is 329. The van der Waals surface area contributed by atoms with E-state index in [-0.39, 0.29) is 0 Å². The van der Waals surface area contributed by atoms with Crippen LogP contribution in [0.15, 0.2) is 18.2 Å². The highest BCUT2D eigenvalue weighted by Crippen LogP contribution is 2.31. The van der Waals surface area contributed by atoms with Crippen LogP contribution in [0, 0.1) is 19.3 Å². The van der Waals surface area contributed by atoms with Gasteiger partial charge in [-0.05, 0) is 56.2 Å². The summed E-state index contributed by atoms with van der Waals surface area (Å²) in [5.74, 6) is 0. The van der Waals surface area contributed by atoms with Gasteiger partial charge in [-0.1, -0.05) is 37.6 Å². The van der Waals surface area contributed by atoms with Gasteiger partial charge in [0.1, 0.15) is 0 Å². The molecule has 0 radical (unpaired) electrons. The molecule has 0 saturated carbocycles. The molecule has 1 nitrogen and oxygen atoms in total. The van der Waals surface area contributed by atoms with Crippen molar-refractivity contribution in [2.45, 2.75) is 47.0 Å². The van der Waals surface area contributed by atoms with Crippen molar-refractivity contribution in [3.63, 3.8) is 0 Å². The molecule has 0 heterocycles. The molecule has 0 bridgehead atoms. The minimum absolute atomic E-state index is 0.290. The van der Waals surface area contributed by atoms with Crippen molar-refractivity contribution in [2.75, 3.05) is 6.54 Å². The average Bonchev–Trinajstić information content (AvgIpc) is 2.31. The van der Waals surface area contributed by atoms with Crippen LogP contribution in [0.5, 0.6) is 0 Å². The molecule has 2 N–H and O–H groups in total. The number of benzene rings is 1. The average molecular weight is 219 g/mol. The third kappa shape index (κ3) is 2.85. The highest BCUT2D eigenvalue weighted by Gasteiger charge is 2.25. The Morgan fingerprint density at radius 2 is 1.75 bits per heavy atom. The normalized spacial score (nSPS) is 11.8. The first-order valence-electron chi connectivity index (χ1n) is 6.33. The van der Waals surface area contributed by atoms with Crippen molar-refractivity contribution in [1.29, 1.82) is 0 Å². The Balaban J connectivity index is 2.97. The molecule has 1 aromatic carbocycles. The van der Waals surface area contributed by atoms with E-state index in [1.807, 2.05) is 0 Å². The molecule has 0 atom stereocenters. The fourth-order valence-electron chi connectivity index (χ4n) is 2.26. The number of hydrogen-bond donors (Lipinski definition) is 1. The SMILES string of the molecule is CCC(CC)(CN)Cc1cc(C)ccc1C. The Morgan fingerprint density at radius 1 is 1.12 bits per heavy atom. The number of rotatable bonds is 5. The summed E-state index contributed by atoms with van der Waals surface area (Å²) in [5.41, 5.74) is 10.5. The topological polar surface area (TPSA) is 26.0 Å². The van der Waals surface area contributed by atoms with Crippen LogP contribution in [-0.4, -0.2) is 6.54 Å². The molecule has 0 aliphatic carbocycles. The Kier molecular flexibility index (Phi) is 4.55. The van der Waals surface area contributed by atoms with E-state index in [2.05, 4.69) is 45.9 Å². The van der Waals surface area contributed by atoms with Gasteiger partial charge in [-0.3, -0.25) is 0 Å². The smallest absolute Gasteiger partial charge is 0.00175 e. The van der Waals surface area contributed by atoms with Crippen LogP contribution in [0.25, 0.3) is 0 Å². The summed E-state index contributed by atoms with van der Waals surface area (Å²) in [6, 6.07) is 6.71.